The van der Waals surface area contributed by atoms with Crippen molar-refractivity contribution in [3.63, 3.8) is 0 Å². The van der Waals surface area contributed by atoms with Gasteiger partial charge in [0.25, 0.3) is 0 Å². The topological polar surface area (TPSA) is 42.4 Å². The van der Waals surface area contributed by atoms with E-state index in [4.69, 9.17) is 4.74 Å². The van der Waals surface area contributed by atoms with Crippen molar-refractivity contribution in [1.29, 1.82) is 0 Å². The van der Waals surface area contributed by atoms with Crippen LogP contribution in [-0.2, 0) is 16.1 Å². The molecule has 0 aliphatic carbocycles. The number of piperidine rings is 1. The third kappa shape index (κ3) is 3.03. The van der Waals surface area contributed by atoms with Gasteiger partial charge < -0.3 is 4.74 Å². The van der Waals surface area contributed by atoms with E-state index in [0.29, 0.717) is 0 Å². The Labute approximate surface area is 102 Å². The number of pyridine rings is 1. The fourth-order valence-corrected chi connectivity index (χ4v) is 2.31. The summed E-state index contributed by atoms with van der Waals surface area (Å²) in [5.41, 5.74) is 1.14. The van der Waals surface area contributed by atoms with Crippen LogP contribution in [0.1, 0.15) is 24.8 Å². The maximum Gasteiger partial charge on any atom is 0.323 e. The molecule has 1 aliphatic rings. The van der Waals surface area contributed by atoms with Crippen LogP contribution in [0.25, 0.3) is 0 Å². The highest BCUT2D eigenvalue weighted by atomic mass is 16.5. The Bertz CT molecular complexity index is 367. The van der Waals surface area contributed by atoms with Crippen molar-refractivity contribution < 1.29 is 9.53 Å². The van der Waals surface area contributed by atoms with Crippen LogP contribution in [-0.4, -0.2) is 35.5 Å². The first-order valence-corrected chi connectivity index (χ1v) is 6.02. The van der Waals surface area contributed by atoms with Crippen molar-refractivity contribution in [3.8, 4) is 0 Å². The minimum Gasteiger partial charge on any atom is -0.468 e. The maximum atomic E-state index is 11.7. The molecule has 0 radical (unpaired) electrons. The van der Waals surface area contributed by atoms with Crippen molar-refractivity contribution in [2.45, 2.75) is 31.8 Å². The summed E-state index contributed by atoms with van der Waals surface area (Å²) in [6, 6.07) is 3.87. The zero-order chi connectivity index (χ0) is 12.1. The Kier molecular flexibility index (Phi) is 4.09. The fourth-order valence-electron chi connectivity index (χ4n) is 2.31. The minimum atomic E-state index is -0.117. The predicted octanol–water partition coefficient (Wildman–Crippen LogP) is 1.61. The molecule has 0 N–H and O–H groups in total. The molecule has 1 aromatic rings. The minimum absolute atomic E-state index is 0.0889. The predicted molar refractivity (Wildman–Crippen MR) is 64.3 cm³/mol. The van der Waals surface area contributed by atoms with Gasteiger partial charge in [0.15, 0.2) is 0 Å². The number of carbonyl (C=O) groups excluding carboxylic acids is 1. The first kappa shape index (κ1) is 12.0. The van der Waals surface area contributed by atoms with Gasteiger partial charge in [0, 0.05) is 18.9 Å². The van der Waals surface area contributed by atoms with Crippen LogP contribution in [0.5, 0.6) is 0 Å². The molecule has 1 saturated heterocycles. The number of carbonyl (C=O) groups is 1. The van der Waals surface area contributed by atoms with Gasteiger partial charge in [-0.2, -0.15) is 0 Å². The number of rotatable bonds is 3. The molecule has 2 rings (SSSR count). The molecule has 0 spiro atoms. The average molecular weight is 234 g/mol. The average Bonchev–Trinajstić information content (AvgIpc) is 2.40. The Morgan fingerprint density at radius 3 is 3.18 bits per heavy atom. The fraction of sp³-hybridized carbons (Fsp3) is 0.538. The summed E-state index contributed by atoms with van der Waals surface area (Å²) in [6.07, 6.45) is 6.75. The Balaban J connectivity index is 2.04. The normalized spacial score (nSPS) is 21.1. The van der Waals surface area contributed by atoms with Crippen molar-refractivity contribution in [2.24, 2.45) is 0 Å². The number of methoxy groups -OCH3 is 1. The number of hydrogen-bond acceptors (Lipinski definition) is 4. The molecule has 0 bridgehead atoms. The second kappa shape index (κ2) is 5.77. The lowest BCUT2D eigenvalue weighted by atomic mass is 10.0. The van der Waals surface area contributed by atoms with E-state index < -0.39 is 0 Å². The molecular weight excluding hydrogens is 216 g/mol. The summed E-state index contributed by atoms with van der Waals surface area (Å²) in [6.45, 7) is 1.72. The zero-order valence-electron chi connectivity index (χ0n) is 10.1. The highest BCUT2D eigenvalue weighted by molar-refractivity contribution is 5.75. The number of hydrogen-bond donors (Lipinski definition) is 0. The van der Waals surface area contributed by atoms with Gasteiger partial charge in [0.05, 0.1) is 7.11 Å². The maximum absolute atomic E-state index is 11.7. The quantitative estimate of drug-likeness (QED) is 0.745. The Morgan fingerprint density at radius 1 is 1.59 bits per heavy atom. The van der Waals surface area contributed by atoms with E-state index in [1.165, 1.54) is 7.11 Å². The molecule has 0 aromatic carbocycles. The molecule has 2 heterocycles. The summed E-state index contributed by atoms with van der Waals surface area (Å²) in [7, 11) is 1.46. The van der Waals surface area contributed by atoms with Gasteiger partial charge >= 0.3 is 5.97 Å². The van der Waals surface area contributed by atoms with Crippen LogP contribution in [0.3, 0.4) is 0 Å². The third-order valence-corrected chi connectivity index (χ3v) is 3.20. The lowest BCUT2D eigenvalue weighted by Crippen LogP contribution is -2.44. The van der Waals surface area contributed by atoms with Crippen LogP contribution < -0.4 is 0 Å². The molecule has 0 amide bonds. The number of ether oxygens (including phenoxy) is 1. The van der Waals surface area contributed by atoms with Crippen molar-refractivity contribution in [2.75, 3.05) is 13.7 Å². The van der Waals surface area contributed by atoms with Crippen LogP contribution in [0.15, 0.2) is 24.5 Å². The lowest BCUT2D eigenvalue weighted by molar-refractivity contribution is -0.148. The first-order chi connectivity index (χ1) is 8.31. The molecule has 4 heteroatoms. The summed E-state index contributed by atoms with van der Waals surface area (Å²) in [4.78, 5) is 18.0. The summed E-state index contributed by atoms with van der Waals surface area (Å²) in [5, 5.41) is 0. The molecule has 0 saturated carbocycles. The largest absolute Gasteiger partial charge is 0.468 e. The second-order valence-electron chi connectivity index (χ2n) is 4.37. The van der Waals surface area contributed by atoms with Gasteiger partial charge in [0.1, 0.15) is 6.04 Å². The highest BCUT2D eigenvalue weighted by Crippen LogP contribution is 2.20. The van der Waals surface area contributed by atoms with Crippen molar-refractivity contribution in [1.82, 2.24) is 9.88 Å². The van der Waals surface area contributed by atoms with E-state index in [-0.39, 0.29) is 12.0 Å². The van der Waals surface area contributed by atoms with Gasteiger partial charge in [-0.3, -0.25) is 14.7 Å². The first-order valence-electron chi connectivity index (χ1n) is 6.02. The highest BCUT2D eigenvalue weighted by Gasteiger charge is 2.29. The van der Waals surface area contributed by atoms with E-state index in [0.717, 1.165) is 37.9 Å². The van der Waals surface area contributed by atoms with E-state index in [9.17, 15) is 4.79 Å². The van der Waals surface area contributed by atoms with E-state index in [1.54, 1.807) is 6.20 Å². The number of nitrogens with zero attached hydrogens (tertiary/aromatic N) is 2. The number of aromatic nitrogens is 1. The summed E-state index contributed by atoms with van der Waals surface area (Å²) >= 11 is 0. The summed E-state index contributed by atoms with van der Waals surface area (Å²) < 4.78 is 4.86. The molecule has 1 unspecified atom stereocenters. The van der Waals surface area contributed by atoms with Gasteiger partial charge in [0.2, 0.25) is 0 Å². The standard InChI is InChI=1S/C13H18N2O2/c1-17-13(16)12-6-2-3-8-15(12)10-11-5-4-7-14-9-11/h4-5,7,9,12H,2-3,6,8,10H2,1H3. The number of likely N-dealkylation sites (tertiary alicyclic amines) is 1. The molecule has 1 fully saturated rings. The molecular formula is C13H18N2O2. The van der Waals surface area contributed by atoms with Crippen molar-refractivity contribution in [3.05, 3.63) is 30.1 Å². The smallest absolute Gasteiger partial charge is 0.323 e. The van der Waals surface area contributed by atoms with Crippen LogP contribution >= 0.6 is 0 Å². The van der Waals surface area contributed by atoms with Crippen molar-refractivity contribution >= 4 is 5.97 Å². The molecule has 4 nitrogen and oxygen atoms in total. The monoisotopic (exact) mass is 234 g/mol. The molecule has 92 valence electrons. The number of esters is 1. The Hall–Kier alpha value is -1.42. The van der Waals surface area contributed by atoms with Gasteiger partial charge in [-0.15, -0.1) is 0 Å². The van der Waals surface area contributed by atoms with E-state index in [1.807, 2.05) is 18.3 Å². The molecule has 1 atom stereocenters. The van der Waals surface area contributed by atoms with E-state index in [2.05, 4.69) is 9.88 Å². The van der Waals surface area contributed by atoms with Gasteiger partial charge in [-0.05, 0) is 31.0 Å². The molecule has 1 aliphatic heterocycles. The van der Waals surface area contributed by atoms with Crippen LogP contribution in [0, 0.1) is 0 Å². The third-order valence-electron chi connectivity index (χ3n) is 3.20. The molecule has 17 heavy (non-hydrogen) atoms. The lowest BCUT2D eigenvalue weighted by Gasteiger charge is -2.33. The Morgan fingerprint density at radius 2 is 2.47 bits per heavy atom. The SMILES string of the molecule is COC(=O)C1CCCCN1Cc1cccnc1. The van der Waals surface area contributed by atoms with Crippen LogP contribution in [0.4, 0.5) is 0 Å². The zero-order valence-corrected chi connectivity index (χ0v) is 10.1. The summed E-state index contributed by atoms with van der Waals surface area (Å²) in [5.74, 6) is -0.117. The van der Waals surface area contributed by atoms with Crippen LogP contribution in [0.2, 0.25) is 0 Å². The van der Waals surface area contributed by atoms with E-state index >= 15 is 0 Å². The molecule has 1 aromatic heterocycles. The van der Waals surface area contributed by atoms with Gasteiger partial charge in [-0.1, -0.05) is 12.5 Å². The second-order valence-corrected chi connectivity index (χ2v) is 4.37. The van der Waals surface area contributed by atoms with Gasteiger partial charge in [-0.25, -0.2) is 0 Å².